The molecule has 0 saturated carbocycles. The molecule has 11 heteroatoms. The number of nitrogens with one attached hydrogen (secondary N) is 3. The number of alkyl halides is 3. The van der Waals surface area contributed by atoms with Crippen molar-refractivity contribution in [3.05, 3.63) is 133 Å². The fourth-order valence-corrected chi connectivity index (χ4v) is 4.55. The van der Waals surface area contributed by atoms with Gasteiger partial charge in [-0.05, 0) is 71.8 Å². The van der Waals surface area contributed by atoms with Gasteiger partial charge in [-0.2, -0.15) is 13.2 Å². The maximum Gasteiger partial charge on any atom is 0.490 e. The molecule has 4 aromatic carbocycles. The molecular formula is C35H27F3N4O4. The van der Waals surface area contributed by atoms with Crippen LogP contribution in [0.4, 0.5) is 30.2 Å². The lowest BCUT2D eigenvalue weighted by Crippen LogP contribution is -2.21. The summed E-state index contributed by atoms with van der Waals surface area (Å²) in [6, 6.07) is 35.3. The number of hydrogen-bond acceptors (Lipinski definition) is 5. The number of carbonyl (C=O) groups is 2. The van der Waals surface area contributed by atoms with Crippen molar-refractivity contribution < 1.29 is 32.6 Å². The zero-order chi connectivity index (χ0) is 32.5. The second-order valence-corrected chi connectivity index (χ2v) is 9.95. The van der Waals surface area contributed by atoms with Crippen LogP contribution in [0.15, 0.2) is 128 Å². The highest BCUT2D eigenvalue weighted by atomic mass is 19.4. The second kappa shape index (κ2) is 14.1. The molecular weight excluding hydrogens is 597 g/mol. The summed E-state index contributed by atoms with van der Waals surface area (Å²) in [5.41, 5.74) is 6.40. The number of aliphatic carboxylic acids is 1. The van der Waals surface area contributed by atoms with Crippen molar-refractivity contribution in [1.29, 1.82) is 0 Å². The Bertz CT molecular complexity index is 1930. The Balaban J connectivity index is 0.000000537. The van der Waals surface area contributed by atoms with Crippen LogP contribution in [0.2, 0.25) is 0 Å². The van der Waals surface area contributed by atoms with Gasteiger partial charge in [0.25, 0.3) is 0 Å². The number of halogens is 3. The van der Waals surface area contributed by atoms with Gasteiger partial charge in [-0.1, -0.05) is 48.5 Å². The second-order valence-electron chi connectivity index (χ2n) is 9.95. The van der Waals surface area contributed by atoms with Crippen molar-refractivity contribution in [1.82, 2.24) is 9.97 Å². The molecule has 1 amide bonds. The molecule has 46 heavy (non-hydrogen) atoms. The molecule has 0 bridgehead atoms. The number of carboxylic acids is 1. The van der Waals surface area contributed by atoms with Crippen molar-refractivity contribution in [2.75, 3.05) is 10.6 Å². The molecule has 0 aliphatic heterocycles. The van der Waals surface area contributed by atoms with Gasteiger partial charge in [0.2, 0.25) is 5.91 Å². The lowest BCUT2D eigenvalue weighted by Gasteiger charge is -2.15. The molecule has 0 spiro atoms. The van der Waals surface area contributed by atoms with Gasteiger partial charge in [0.05, 0.1) is 18.3 Å². The standard InChI is InChI=1S/C33H26N4O2.C2HF3O2/c38-33(19-24-21-35-31-11-5-4-10-29(24)31)37-25-14-17-32(36-26-7-6-18-34-22-26)30(20-25)23-12-15-28(16-13-23)39-27-8-2-1-3-9-27;3-2(4,5)1(6)7/h1-18,20-22,35-36H,19H2,(H,37,38);(H,6,7). The van der Waals surface area contributed by atoms with Gasteiger partial charge < -0.3 is 25.5 Å². The van der Waals surface area contributed by atoms with Crippen LogP contribution in [0.3, 0.4) is 0 Å². The summed E-state index contributed by atoms with van der Waals surface area (Å²) in [6.07, 6.45) is 0.609. The zero-order valence-corrected chi connectivity index (χ0v) is 24.1. The lowest BCUT2D eigenvalue weighted by atomic mass is 10.0. The summed E-state index contributed by atoms with van der Waals surface area (Å²) < 4.78 is 37.7. The summed E-state index contributed by atoms with van der Waals surface area (Å²) >= 11 is 0. The van der Waals surface area contributed by atoms with E-state index in [2.05, 4.69) is 20.6 Å². The largest absolute Gasteiger partial charge is 0.490 e. The third-order valence-corrected chi connectivity index (χ3v) is 6.66. The molecule has 8 nitrogen and oxygen atoms in total. The highest BCUT2D eigenvalue weighted by Gasteiger charge is 2.38. The Kier molecular flexibility index (Phi) is 9.62. The minimum Gasteiger partial charge on any atom is -0.475 e. The first kappa shape index (κ1) is 31.3. The van der Waals surface area contributed by atoms with E-state index in [1.54, 1.807) is 12.4 Å². The van der Waals surface area contributed by atoms with Crippen molar-refractivity contribution in [2.24, 2.45) is 0 Å². The Labute approximate surface area is 261 Å². The number of para-hydroxylation sites is 2. The van der Waals surface area contributed by atoms with Crippen LogP contribution in [0, 0.1) is 0 Å². The first-order valence-electron chi connectivity index (χ1n) is 13.9. The van der Waals surface area contributed by atoms with E-state index in [0.29, 0.717) is 0 Å². The molecule has 232 valence electrons. The van der Waals surface area contributed by atoms with Gasteiger partial charge in [0.15, 0.2) is 0 Å². The SMILES string of the molecule is O=C(Cc1c[nH]c2ccccc12)Nc1ccc(Nc2cccnc2)c(-c2ccc(Oc3ccccc3)cc2)c1.O=C(O)C(F)(F)F. The van der Waals surface area contributed by atoms with Gasteiger partial charge in [0.1, 0.15) is 11.5 Å². The number of pyridine rings is 1. The third-order valence-electron chi connectivity index (χ3n) is 6.66. The number of ether oxygens (including phenoxy) is 1. The number of amides is 1. The first-order valence-corrected chi connectivity index (χ1v) is 13.9. The number of hydrogen-bond donors (Lipinski definition) is 4. The van der Waals surface area contributed by atoms with E-state index < -0.39 is 12.1 Å². The molecule has 0 radical (unpaired) electrons. The number of benzene rings is 4. The fourth-order valence-electron chi connectivity index (χ4n) is 4.55. The maximum atomic E-state index is 13.0. The van der Waals surface area contributed by atoms with Crippen LogP contribution in [-0.2, 0) is 16.0 Å². The molecule has 6 rings (SSSR count). The summed E-state index contributed by atoms with van der Waals surface area (Å²) in [5.74, 6) is -1.31. The number of nitrogens with zero attached hydrogens (tertiary/aromatic N) is 1. The Morgan fingerprint density at radius 3 is 2.22 bits per heavy atom. The average molecular weight is 625 g/mol. The van der Waals surface area contributed by atoms with Crippen molar-refractivity contribution in [2.45, 2.75) is 12.6 Å². The molecule has 0 aliphatic carbocycles. The van der Waals surface area contributed by atoms with Gasteiger partial charge >= 0.3 is 12.1 Å². The van der Waals surface area contributed by atoms with E-state index in [-0.39, 0.29) is 12.3 Å². The average Bonchev–Trinajstić information content (AvgIpc) is 3.45. The smallest absolute Gasteiger partial charge is 0.475 e. The van der Waals surface area contributed by atoms with Crippen LogP contribution in [0.1, 0.15) is 5.56 Å². The Morgan fingerprint density at radius 2 is 1.52 bits per heavy atom. The van der Waals surface area contributed by atoms with E-state index in [4.69, 9.17) is 14.6 Å². The number of carbonyl (C=O) groups excluding carboxylic acids is 1. The van der Waals surface area contributed by atoms with E-state index in [9.17, 15) is 18.0 Å². The molecule has 6 aromatic rings. The summed E-state index contributed by atoms with van der Waals surface area (Å²) in [4.78, 5) is 29.3. The van der Waals surface area contributed by atoms with E-state index in [1.807, 2.05) is 115 Å². The molecule has 0 atom stereocenters. The molecule has 0 fully saturated rings. The number of anilines is 3. The van der Waals surface area contributed by atoms with Crippen LogP contribution in [-0.4, -0.2) is 33.1 Å². The van der Waals surface area contributed by atoms with Crippen LogP contribution in [0.25, 0.3) is 22.0 Å². The number of H-pyrrole nitrogens is 1. The molecule has 0 unspecified atom stereocenters. The quantitative estimate of drug-likeness (QED) is 0.135. The molecule has 0 aliphatic rings. The topological polar surface area (TPSA) is 116 Å². The molecule has 2 aromatic heterocycles. The van der Waals surface area contributed by atoms with E-state index >= 15 is 0 Å². The van der Waals surface area contributed by atoms with Crippen molar-refractivity contribution >= 4 is 39.8 Å². The van der Waals surface area contributed by atoms with E-state index in [0.717, 1.165) is 56.2 Å². The van der Waals surface area contributed by atoms with Crippen LogP contribution < -0.4 is 15.4 Å². The predicted molar refractivity (Wildman–Crippen MR) is 170 cm³/mol. The monoisotopic (exact) mass is 624 g/mol. The minimum absolute atomic E-state index is 0.0784. The highest BCUT2D eigenvalue weighted by molar-refractivity contribution is 5.97. The summed E-state index contributed by atoms with van der Waals surface area (Å²) in [6.45, 7) is 0. The number of fused-ring (bicyclic) bond motifs is 1. The van der Waals surface area contributed by atoms with Gasteiger partial charge in [-0.15, -0.1) is 0 Å². The lowest BCUT2D eigenvalue weighted by molar-refractivity contribution is -0.192. The normalized spacial score (nSPS) is 10.8. The zero-order valence-electron chi connectivity index (χ0n) is 24.1. The van der Waals surface area contributed by atoms with E-state index in [1.165, 1.54) is 0 Å². The number of aromatic nitrogens is 2. The van der Waals surface area contributed by atoms with Crippen LogP contribution >= 0.6 is 0 Å². The first-order chi connectivity index (χ1) is 22.2. The number of rotatable bonds is 8. The highest BCUT2D eigenvalue weighted by Crippen LogP contribution is 2.34. The molecule has 4 N–H and O–H groups in total. The van der Waals surface area contributed by atoms with Gasteiger partial charge in [0, 0.05) is 40.2 Å². The fraction of sp³-hybridized carbons (Fsp3) is 0.0571. The van der Waals surface area contributed by atoms with Gasteiger partial charge in [-0.3, -0.25) is 9.78 Å². The third kappa shape index (κ3) is 8.29. The maximum absolute atomic E-state index is 13.0. The minimum atomic E-state index is -5.08. The van der Waals surface area contributed by atoms with Gasteiger partial charge in [-0.25, -0.2) is 4.79 Å². The molecule has 2 heterocycles. The Morgan fingerprint density at radius 1 is 0.826 bits per heavy atom. The Hall–Kier alpha value is -6.10. The summed E-state index contributed by atoms with van der Waals surface area (Å²) in [7, 11) is 0. The molecule has 0 saturated heterocycles. The number of aromatic amines is 1. The van der Waals surface area contributed by atoms with Crippen LogP contribution in [0.5, 0.6) is 11.5 Å². The number of carboxylic acid groups (broad SMARTS) is 1. The summed E-state index contributed by atoms with van der Waals surface area (Å²) in [5, 5.41) is 14.7. The van der Waals surface area contributed by atoms with Crippen molar-refractivity contribution in [3.63, 3.8) is 0 Å². The van der Waals surface area contributed by atoms with Crippen molar-refractivity contribution in [3.8, 4) is 22.6 Å². The predicted octanol–water partition coefficient (Wildman–Crippen LogP) is 8.58.